The first kappa shape index (κ1) is 9.52. The quantitative estimate of drug-likeness (QED) is 0.586. The Balaban J connectivity index is 2.21. The Morgan fingerprint density at radius 3 is 2.69 bits per heavy atom. The number of amides is 1. The fourth-order valence-corrected chi connectivity index (χ4v) is 1.13. The van der Waals surface area contributed by atoms with Crippen molar-refractivity contribution in [3.8, 4) is 6.07 Å². The minimum absolute atomic E-state index is 0.248. The van der Waals surface area contributed by atoms with Gasteiger partial charge in [-0.05, 0) is 6.42 Å². The number of nitrogens with one attached hydrogen (secondary N) is 1. The second-order valence-corrected chi connectivity index (χ2v) is 2.99. The van der Waals surface area contributed by atoms with Crippen LogP contribution in [0.5, 0.6) is 0 Å². The third kappa shape index (κ3) is 2.44. The molecule has 0 bridgehead atoms. The van der Waals surface area contributed by atoms with Crippen molar-refractivity contribution in [1.29, 1.82) is 5.26 Å². The number of carboxylic acid groups (broad SMARTS) is 1. The van der Waals surface area contributed by atoms with Crippen LogP contribution in [0, 0.1) is 23.2 Å². The molecule has 0 heterocycles. The van der Waals surface area contributed by atoms with Crippen molar-refractivity contribution in [3.05, 3.63) is 0 Å². The van der Waals surface area contributed by atoms with E-state index < -0.39 is 11.9 Å². The van der Waals surface area contributed by atoms with Crippen LogP contribution in [0.3, 0.4) is 0 Å². The first-order valence-electron chi connectivity index (χ1n) is 4.04. The molecular formula is C8H10N2O3. The van der Waals surface area contributed by atoms with Crippen LogP contribution in [0.1, 0.15) is 12.8 Å². The third-order valence-electron chi connectivity index (χ3n) is 1.98. The summed E-state index contributed by atoms with van der Waals surface area (Å²) in [5.41, 5.74) is 0. The van der Waals surface area contributed by atoms with Crippen LogP contribution >= 0.6 is 0 Å². The molecule has 1 amide bonds. The maximum absolute atomic E-state index is 11.1. The SMILES string of the molecule is N#CCCNC(=O)[C@@H]1C[C@@H]1C(=O)O. The predicted molar refractivity (Wildman–Crippen MR) is 42.5 cm³/mol. The van der Waals surface area contributed by atoms with Gasteiger partial charge in [0.2, 0.25) is 5.91 Å². The van der Waals surface area contributed by atoms with Crippen LogP contribution in [0.2, 0.25) is 0 Å². The number of aliphatic carboxylic acids is 1. The van der Waals surface area contributed by atoms with Crippen molar-refractivity contribution in [2.24, 2.45) is 11.8 Å². The predicted octanol–water partition coefficient (Wildman–Crippen LogP) is -0.263. The van der Waals surface area contributed by atoms with E-state index in [0.29, 0.717) is 13.0 Å². The summed E-state index contributed by atoms with van der Waals surface area (Å²) in [5.74, 6) is -2.05. The van der Waals surface area contributed by atoms with Gasteiger partial charge in [-0.1, -0.05) is 0 Å². The second kappa shape index (κ2) is 3.90. The molecule has 0 aromatic heterocycles. The zero-order chi connectivity index (χ0) is 9.84. The summed E-state index contributed by atoms with van der Waals surface area (Å²) in [6.45, 7) is 0.304. The lowest BCUT2D eigenvalue weighted by Crippen LogP contribution is -2.27. The highest BCUT2D eigenvalue weighted by molar-refractivity contribution is 5.89. The number of rotatable bonds is 4. The Morgan fingerprint density at radius 1 is 1.54 bits per heavy atom. The monoisotopic (exact) mass is 182 g/mol. The molecule has 1 saturated carbocycles. The van der Waals surface area contributed by atoms with Gasteiger partial charge >= 0.3 is 5.97 Å². The van der Waals surface area contributed by atoms with Crippen molar-refractivity contribution in [3.63, 3.8) is 0 Å². The van der Waals surface area contributed by atoms with Gasteiger partial charge in [0.15, 0.2) is 0 Å². The zero-order valence-corrected chi connectivity index (χ0v) is 6.99. The molecule has 0 aromatic rings. The lowest BCUT2D eigenvalue weighted by molar-refractivity contribution is -0.140. The van der Waals surface area contributed by atoms with Gasteiger partial charge in [0, 0.05) is 6.54 Å². The van der Waals surface area contributed by atoms with Gasteiger partial charge in [-0.3, -0.25) is 9.59 Å². The largest absolute Gasteiger partial charge is 0.481 e. The molecule has 1 aliphatic carbocycles. The van der Waals surface area contributed by atoms with Gasteiger partial charge in [0.25, 0.3) is 0 Å². The van der Waals surface area contributed by atoms with Crippen LogP contribution in [-0.2, 0) is 9.59 Å². The highest BCUT2D eigenvalue weighted by atomic mass is 16.4. The minimum Gasteiger partial charge on any atom is -0.481 e. The second-order valence-electron chi connectivity index (χ2n) is 2.99. The molecule has 2 atom stereocenters. The van der Waals surface area contributed by atoms with Crippen LogP contribution in [-0.4, -0.2) is 23.5 Å². The Hall–Kier alpha value is -1.57. The maximum atomic E-state index is 11.1. The smallest absolute Gasteiger partial charge is 0.307 e. The molecule has 5 heteroatoms. The molecule has 0 unspecified atom stereocenters. The zero-order valence-electron chi connectivity index (χ0n) is 6.99. The van der Waals surface area contributed by atoms with E-state index >= 15 is 0 Å². The molecule has 1 aliphatic rings. The van der Waals surface area contributed by atoms with Gasteiger partial charge in [0.1, 0.15) is 0 Å². The molecule has 0 aromatic carbocycles. The normalized spacial score (nSPS) is 24.5. The third-order valence-corrected chi connectivity index (χ3v) is 1.98. The van der Waals surface area contributed by atoms with E-state index in [1.54, 1.807) is 0 Å². The van der Waals surface area contributed by atoms with Gasteiger partial charge in [-0.25, -0.2) is 0 Å². The van der Waals surface area contributed by atoms with Gasteiger partial charge in [-0.15, -0.1) is 0 Å². The molecule has 0 aliphatic heterocycles. The van der Waals surface area contributed by atoms with Crippen LogP contribution in [0.15, 0.2) is 0 Å². The number of carboxylic acids is 1. The van der Waals surface area contributed by atoms with E-state index in [1.165, 1.54) is 0 Å². The molecule has 0 saturated heterocycles. The Labute approximate surface area is 75.3 Å². The van der Waals surface area contributed by atoms with E-state index in [4.69, 9.17) is 10.4 Å². The molecule has 13 heavy (non-hydrogen) atoms. The number of nitrogens with zero attached hydrogens (tertiary/aromatic N) is 1. The molecule has 1 fully saturated rings. The number of carbonyl (C=O) groups is 2. The first-order valence-corrected chi connectivity index (χ1v) is 4.04. The molecular weight excluding hydrogens is 172 g/mol. The Bertz CT molecular complexity index is 269. The summed E-state index contributed by atoms with van der Waals surface area (Å²) in [6, 6.07) is 1.89. The summed E-state index contributed by atoms with van der Waals surface area (Å²) in [7, 11) is 0. The molecule has 2 N–H and O–H groups in total. The van der Waals surface area contributed by atoms with Crippen molar-refractivity contribution >= 4 is 11.9 Å². The minimum atomic E-state index is -0.916. The fourth-order valence-electron chi connectivity index (χ4n) is 1.13. The number of carbonyl (C=O) groups excluding carboxylic acids is 1. The first-order chi connectivity index (χ1) is 6.16. The van der Waals surface area contributed by atoms with Gasteiger partial charge in [-0.2, -0.15) is 5.26 Å². The fraction of sp³-hybridized carbons (Fsp3) is 0.625. The molecule has 0 radical (unpaired) electrons. The van der Waals surface area contributed by atoms with E-state index in [0.717, 1.165) is 0 Å². The van der Waals surface area contributed by atoms with E-state index in [2.05, 4.69) is 5.32 Å². The molecule has 5 nitrogen and oxygen atoms in total. The summed E-state index contributed by atoms with van der Waals surface area (Å²) in [4.78, 5) is 21.5. The summed E-state index contributed by atoms with van der Waals surface area (Å²) in [6.07, 6.45) is 0.684. The van der Waals surface area contributed by atoms with E-state index in [9.17, 15) is 9.59 Å². The average Bonchev–Trinajstić information content (AvgIpc) is 2.83. The van der Waals surface area contributed by atoms with Crippen LogP contribution < -0.4 is 5.32 Å². The van der Waals surface area contributed by atoms with Crippen molar-refractivity contribution in [1.82, 2.24) is 5.32 Å². The van der Waals surface area contributed by atoms with E-state index in [1.807, 2.05) is 6.07 Å². The average molecular weight is 182 g/mol. The molecule has 0 spiro atoms. The lowest BCUT2D eigenvalue weighted by atomic mass is 10.3. The lowest BCUT2D eigenvalue weighted by Gasteiger charge is -1.99. The van der Waals surface area contributed by atoms with Gasteiger partial charge < -0.3 is 10.4 Å². The summed E-state index contributed by atoms with van der Waals surface area (Å²) in [5, 5.41) is 19.2. The van der Waals surface area contributed by atoms with Crippen LogP contribution in [0.25, 0.3) is 0 Å². The summed E-state index contributed by atoms with van der Waals surface area (Å²) >= 11 is 0. The van der Waals surface area contributed by atoms with Crippen molar-refractivity contribution < 1.29 is 14.7 Å². The Morgan fingerprint density at radius 2 is 2.23 bits per heavy atom. The Kier molecular flexibility index (Phi) is 2.85. The molecule has 70 valence electrons. The molecule has 1 rings (SSSR count). The highest BCUT2D eigenvalue weighted by Crippen LogP contribution is 2.38. The summed E-state index contributed by atoms with van der Waals surface area (Å²) < 4.78 is 0. The maximum Gasteiger partial charge on any atom is 0.307 e. The number of nitriles is 1. The van der Waals surface area contributed by atoms with Crippen molar-refractivity contribution in [2.75, 3.05) is 6.54 Å². The van der Waals surface area contributed by atoms with E-state index in [-0.39, 0.29) is 18.2 Å². The highest BCUT2D eigenvalue weighted by Gasteiger charge is 2.48. The van der Waals surface area contributed by atoms with Crippen LogP contribution in [0.4, 0.5) is 0 Å². The standard InChI is InChI=1S/C8H10N2O3/c9-2-1-3-10-7(11)5-4-6(5)8(12)13/h5-6H,1,3-4H2,(H,10,11)(H,12,13)/t5-,6+/m1/s1. The van der Waals surface area contributed by atoms with Gasteiger partial charge in [0.05, 0.1) is 24.3 Å². The topological polar surface area (TPSA) is 90.2 Å². The van der Waals surface area contributed by atoms with Crippen molar-refractivity contribution in [2.45, 2.75) is 12.8 Å². The number of hydrogen-bond acceptors (Lipinski definition) is 3. The number of hydrogen-bond donors (Lipinski definition) is 2.